The third-order valence-corrected chi connectivity index (χ3v) is 5.76. The van der Waals surface area contributed by atoms with Crippen molar-refractivity contribution in [3.05, 3.63) is 35.2 Å². The highest BCUT2D eigenvalue weighted by Crippen LogP contribution is 2.41. The van der Waals surface area contributed by atoms with Crippen LogP contribution in [-0.2, 0) is 4.79 Å². The highest BCUT2D eigenvalue weighted by Gasteiger charge is 2.45. The Morgan fingerprint density at radius 2 is 2.04 bits per heavy atom. The number of rotatable bonds is 2. The van der Waals surface area contributed by atoms with Gasteiger partial charge in [0.15, 0.2) is 0 Å². The lowest BCUT2D eigenvalue weighted by Gasteiger charge is -2.38. The lowest BCUT2D eigenvalue weighted by Crippen LogP contribution is -2.44. The Morgan fingerprint density at radius 1 is 1.28 bits per heavy atom. The molecule has 4 heterocycles. The lowest BCUT2D eigenvalue weighted by atomic mass is 9.77. The summed E-state index contributed by atoms with van der Waals surface area (Å²) in [7, 11) is 0. The summed E-state index contributed by atoms with van der Waals surface area (Å²) in [6.45, 7) is 4.98. The number of fused-ring (bicyclic) bond motifs is 1. The summed E-state index contributed by atoms with van der Waals surface area (Å²) in [4.78, 5) is 33.0. The van der Waals surface area contributed by atoms with Crippen molar-refractivity contribution in [2.45, 2.75) is 26.2 Å². The van der Waals surface area contributed by atoms with Gasteiger partial charge in [-0.05, 0) is 31.9 Å². The Morgan fingerprint density at radius 3 is 2.72 bits per heavy atom. The summed E-state index contributed by atoms with van der Waals surface area (Å²) in [6.07, 6.45) is 5.84. The largest absolute Gasteiger partial charge is 0.342 e. The number of hydrogen-bond donors (Lipinski definition) is 0. The van der Waals surface area contributed by atoms with Crippen LogP contribution in [0.5, 0.6) is 0 Å². The molecule has 0 saturated carbocycles. The van der Waals surface area contributed by atoms with Crippen molar-refractivity contribution in [2.24, 2.45) is 5.41 Å². The molecule has 2 aromatic rings. The van der Waals surface area contributed by atoms with E-state index in [1.165, 1.54) is 0 Å². The molecule has 1 spiro atoms. The number of amides is 2. The molecule has 2 aliphatic rings. The lowest BCUT2D eigenvalue weighted by molar-refractivity contribution is -0.127. The number of imidazole rings is 1. The van der Waals surface area contributed by atoms with Gasteiger partial charge in [0.2, 0.25) is 5.91 Å². The SMILES string of the molecule is CCN1CC2(CCN(C(=O)c3cn4cc(Cl)ccc4n3)CC2)CC1=O. The van der Waals surface area contributed by atoms with E-state index in [0.29, 0.717) is 35.9 Å². The first-order valence-electron chi connectivity index (χ1n) is 8.71. The van der Waals surface area contributed by atoms with E-state index in [0.717, 1.165) is 25.9 Å². The minimum Gasteiger partial charge on any atom is -0.342 e. The Hall–Kier alpha value is -2.08. The predicted octanol–water partition coefficient (Wildman–Crippen LogP) is 2.46. The number of carbonyl (C=O) groups is 2. The topological polar surface area (TPSA) is 57.9 Å². The fraction of sp³-hybridized carbons (Fsp3) is 0.500. The monoisotopic (exact) mass is 360 g/mol. The van der Waals surface area contributed by atoms with Crippen LogP contribution in [0.15, 0.2) is 24.5 Å². The number of hydrogen-bond acceptors (Lipinski definition) is 3. The Kier molecular flexibility index (Phi) is 3.95. The molecule has 0 aromatic carbocycles. The minimum absolute atomic E-state index is 0.0497. The fourth-order valence-electron chi connectivity index (χ4n) is 4.02. The van der Waals surface area contributed by atoms with Gasteiger partial charge in [0, 0.05) is 50.4 Å². The quantitative estimate of drug-likeness (QED) is 0.826. The second kappa shape index (κ2) is 6.02. The molecule has 0 aliphatic carbocycles. The zero-order chi connectivity index (χ0) is 17.6. The van der Waals surface area contributed by atoms with Crippen LogP contribution in [0.25, 0.3) is 5.65 Å². The normalized spacial score (nSPS) is 20.0. The third-order valence-electron chi connectivity index (χ3n) is 5.53. The Balaban J connectivity index is 1.46. The second-order valence-electron chi connectivity index (χ2n) is 7.12. The van der Waals surface area contributed by atoms with Gasteiger partial charge in [-0.2, -0.15) is 0 Å². The van der Waals surface area contributed by atoms with Gasteiger partial charge in [-0.25, -0.2) is 4.98 Å². The van der Waals surface area contributed by atoms with Crippen LogP contribution in [0.4, 0.5) is 0 Å². The number of nitrogens with zero attached hydrogens (tertiary/aromatic N) is 4. The molecule has 2 aliphatic heterocycles. The molecule has 6 nitrogen and oxygen atoms in total. The number of piperidine rings is 1. The molecular formula is C18H21ClN4O2. The molecule has 0 bridgehead atoms. The van der Waals surface area contributed by atoms with E-state index in [-0.39, 0.29) is 17.2 Å². The molecule has 0 N–H and O–H groups in total. The maximum absolute atomic E-state index is 12.8. The number of pyridine rings is 1. The van der Waals surface area contributed by atoms with Crippen LogP contribution in [0.2, 0.25) is 5.02 Å². The van der Waals surface area contributed by atoms with E-state index in [1.54, 1.807) is 28.9 Å². The van der Waals surface area contributed by atoms with Crippen LogP contribution in [0.3, 0.4) is 0 Å². The van der Waals surface area contributed by atoms with E-state index in [4.69, 9.17) is 11.6 Å². The van der Waals surface area contributed by atoms with Gasteiger partial charge in [0.25, 0.3) is 5.91 Å². The van der Waals surface area contributed by atoms with Crippen molar-refractivity contribution in [3.8, 4) is 0 Å². The summed E-state index contributed by atoms with van der Waals surface area (Å²) >= 11 is 5.99. The first-order valence-corrected chi connectivity index (χ1v) is 9.09. The van der Waals surface area contributed by atoms with Crippen LogP contribution >= 0.6 is 11.6 Å². The average molecular weight is 361 g/mol. The average Bonchev–Trinajstić information content (AvgIpc) is 3.15. The standard InChI is InChI=1S/C18H21ClN4O2/c1-2-21-12-18(9-16(21)24)5-7-22(8-6-18)17(25)14-11-23-10-13(19)3-4-15(23)20-14/h3-4,10-11H,2,5-9,12H2,1H3. The van der Waals surface area contributed by atoms with Gasteiger partial charge in [0.05, 0.1) is 5.02 Å². The molecular weight excluding hydrogens is 340 g/mol. The number of likely N-dealkylation sites (tertiary alicyclic amines) is 2. The van der Waals surface area contributed by atoms with Crippen LogP contribution in [0.1, 0.15) is 36.7 Å². The molecule has 2 fully saturated rings. The maximum atomic E-state index is 12.8. The molecule has 2 saturated heterocycles. The summed E-state index contributed by atoms with van der Waals surface area (Å²) < 4.78 is 1.77. The Labute approximate surface area is 151 Å². The minimum atomic E-state index is -0.0497. The van der Waals surface area contributed by atoms with Crippen molar-refractivity contribution in [2.75, 3.05) is 26.2 Å². The van der Waals surface area contributed by atoms with E-state index in [1.807, 2.05) is 16.7 Å². The number of halogens is 1. The van der Waals surface area contributed by atoms with Crippen molar-refractivity contribution in [3.63, 3.8) is 0 Å². The molecule has 25 heavy (non-hydrogen) atoms. The van der Waals surface area contributed by atoms with Crippen molar-refractivity contribution < 1.29 is 9.59 Å². The first kappa shape index (κ1) is 16.4. The number of aromatic nitrogens is 2. The van der Waals surface area contributed by atoms with Gasteiger partial charge in [-0.15, -0.1) is 0 Å². The third kappa shape index (κ3) is 2.88. The van der Waals surface area contributed by atoms with Crippen LogP contribution < -0.4 is 0 Å². The molecule has 4 rings (SSSR count). The highest BCUT2D eigenvalue weighted by molar-refractivity contribution is 6.30. The summed E-state index contributed by atoms with van der Waals surface area (Å²) in [5.74, 6) is 0.200. The second-order valence-corrected chi connectivity index (χ2v) is 7.55. The first-order chi connectivity index (χ1) is 12.0. The molecule has 132 valence electrons. The van der Waals surface area contributed by atoms with E-state index in [9.17, 15) is 9.59 Å². The highest BCUT2D eigenvalue weighted by atomic mass is 35.5. The van der Waals surface area contributed by atoms with E-state index in [2.05, 4.69) is 4.98 Å². The predicted molar refractivity (Wildman–Crippen MR) is 94.6 cm³/mol. The zero-order valence-corrected chi connectivity index (χ0v) is 15.0. The fourth-order valence-corrected chi connectivity index (χ4v) is 4.19. The van der Waals surface area contributed by atoms with Crippen molar-refractivity contribution in [1.82, 2.24) is 19.2 Å². The van der Waals surface area contributed by atoms with E-state index < -0.39 is 0 Å². The summed E-state index contributed by atoms with van der Waals surface area (Å²) in [5.41, 5.74) is 1.20. The maximum Gasteiger partial charge on any atom is 0.274 e. The Bertz CT molecular complexity index is 839. The van der Waals surface area contributed by atoms with Gasteiger partial charge in [-0.1, -0.05) is 11.6 Å². The molecule has 2 amide bonds. The van der Waals surface area contributed by atoms with Crippen LogP contribution in [-0.4, -0.2) is 57.2 Å². The van der Waals surface area contributed by atoms with Gasteiger partial charge < -0.3 is 14.2 Å². The molecule has 0 atom stereocenters. The van der Waals surface area contributed by atoms with Gasteiger partial charge in [-0.3, -0.25) is 9.59 Å². The van der Waals surface area contributed by atoms with Gasteiger partial charge >= 0.3 is 0 Å². The summed E-state index contributed by atoms with van der Waals surface area (Å²) in [5, 5.41) is 0.607. The van der Waals surface area contributed by atoms with Crippen LogP contribution in [0, 0.1) is 5.41 Å². The molecule has 2 aromatic heterocycles. The number of carbonyl (C=O) groups excluding carboxylic acids is 2. The molecule has 0 unspecified atom stereocenters. The molecule has 0 radical (unpaired) electrons. The zero-order valence-electron chi connectivity index (χ0n) is 14.2. The molecule has 7 heteroatoms. The van der Waals surface area contributed by atoms with Crippen molar-refractivity contribution in [1.29, 1.82) is 0 Å². The van der Waals surface area contributed by atoms with Gasteiger partial charge in [0.1, 0.15) is 11.3 Å². The van der Waals surface area contributed by atoms with E-state index >= 15 is 0 Å². The smallest absolute Gasteiger partial charge is 0.274 e. The summed E-state index contributed by atoms with van der Waals surface area (Å²) in [6, 6.07) is 3.56. The van der Waals surface area contributed by atoms with Crippen molar-refractivity contribution >= 4 is 29.1 Å².